The summed E-state index contributed by atoms with van der Waals surface area (Å²) in [6, 6.07) is 16.9. The van der Waals surface area contributed by atoms with Crippen molar-refractivity contribution in [2.75, 3.05) is 6.61 Å². The van der Waals surface area contributed by atoms with Gasteiger partial charge in [0.2, 0.25) is 0 Å². The quantitative estimate of drug-likeness (QED) is 0.391. The van der Waals surface area contributed by atoms with Crippen LogP contribution < -0.4 is 10.6 Å². The predicted octanol–water partition coefficient (Wildman–Crippen LogP) is 3.53. The molecule has 2 aromatic rings. The molecule has 0 aliphatic carbocycles. The maximum absolute atomic E-state index is 12.1. The number of aliphatic hydroxyl groups is 1. The molecule has 0 fully saturated rings. The minimum atomic E-state index is -0.800. The van der Waals surface area contributed by atoms with E-state index in [1.165, 1.54) is 0 Å². The first-order valence-corrected chi connectivity index (χ1v) is 9.51. The van der Waals surface area contributed by atoms with Gasteiger partial charge >= 0.3 is 6.09 Å². The highest BCUT2D eigenvalue weighted by Crippen LogP contribution is 2.17. The molecule has 2 aromatic carbocycles. The third-order valence-corrected chi connectivity index (χ3v) is 4.28. The van der Waals surface area contributed by atoms with Crippen molar-refractivity contribution in [3.63, 3.8) is 0 Å². The van der Waals surface area contributed by atoms with Crippen molar-refractivity contribution in [2.24, 2.45) is 11.8 Å². The van der Waals surface area contributed by atoms with Gasteiger partial charge in [0.1, 0.15) is 12.4 Å². The van der Waals surface area contributed by atoms with Crippen LogP contribution in [0.25, 0.3) is 0 Å². The first-order chi connectivity index (χ1) is 13.4. The largest absolute Gasteiger partial charge is 0.489 e. The molecule has 6 nitrogen and oxygen atoms in total. The monoisotopic (exact) mass is 386 g/mol. The second kappa shape index (κ2) is 10.7. The summed E-state index contributed by atoms with van der Waals surface area (Å²) in [4.78, 5) is 12.1. The van der Waals surface area contributed by atoms with Crippen molar-refractivity contribution < 1.29 is 19.4 Å². The Morgan fingerprint density at radius 1 is 1.04 bits per heavy atom. The second-order valence-electron chi connectivity index (χ2n) is 7.31. The summed E-state index contributed by atoms with van der Waals surface area (Å²) in [5.74, 6) is 6.88. The Bertz CT molecular complexity index is 717. The number of aliphatic hydroxyl groups excluding tert-OH is 1. The molecule has 28 heavy (non-hydrogen) atoms. The standard InChI is InChI=1S/C22H30N2O4/c1-16(2)14-28-22(26)24(23)21(17(3)25)13-18-9-11-20(12-10-18)27-15-19-7-5-4-6-8-19/h4-12,16-17,21,25H,13-15,23H2,1-3H3. The Balaban J connectivity index is 1.94. The highest BCUT2D eigenvalue weighted by Gasteiger charge is 2.26. The molecule has 152 valence electrons. The number of nitrogens with two attached hydrogens (primary N) is 1. The molecular weight excluding hydrogens is 356 g/mol. The lowest BCUT2D eigenvalue weighted by atomic mass is 10.0. The lowest BCUT2D eigenvalue weighted by Crippen LogP contribution is -2.52. The van der Waals surface area contributed by atoms with E-state index in [1.54, 1.807) is 6.92 Å². The number of benzene rings is 2. The van der Waals surface area contributed by atoms with Crippen LogP contribution in [0.1, 0.15) is 31.9 Å². The molecule has 0 spiro atoms. The van der Waals surface area contributed by atoms with Gasteiger partial charge in [-0.2, -0.15) is 0 Å². The van der Waals surface area contributed by atoms with Crippen LogP contribution in [0.15, 0.2) is 54.6 Å². The van der Waals surface area contributed by atoms with Gasteiger partial charge in [0.25, 0.3) is 0 Å². The molecule has 0 saturated carbocycles. The zero-order valence-electron chi connectivity index (χ0n) is 16.7. The molecule has 0 aliphatic heterocycles. The Labute approximate surface area is 166 Å². The predicted molar refractivity (Wildman–Crippen MR) is 109 cm³/mol. The van der Waals surface area contributed by atoms with Crippen LogP contribution >= 0.6 is 0 Å². The maximum Gasteiger partial charge on any atom is 0.424 e. The zero-order valence-corrected chi connectivity index (χ0v) is 16.7. The van der Waals surface area contributed by atoms with Gasteiger partial charge in [-0.1, -0.05) is 56.3 Å². The first-order valence-electron chi connectivity index (χ1n) is 9.51. The van der Waals surface area contributed by atoms with Crippen LogP contribution in [0.2, 0.25) is 0 Å². The third-order valence-electron chi connectivity index (χ3n) is 4.28. The minimum absolute atomic E-state index is 0.214. The van der Waals surface area contributed by atoms with Crippen molar-refractivity contribution in [1.82, 2.24) is 5.01 Å². The molecule has 2 atom stereocenters. The van der Waals surface area contributed by atoms with E-state index in [0.717, 1.165) is 21.9 Å². The van der Waals surface area contributed by atoms with E-state index in [4.69, 9.17) is 15.3 Å². The molecule has 0 aliphatic rings. The molecular formula is C22H30N2O4. The summed E-state index contributed by atoms with van der Waals surface area (Å²) in [7, 11) is 0. The number of carbonyl (C=O) groups excluding carboxylic acids is 1. The van der Waals surface area contributed by atoms with Gasteiger partial charge < -0.3 is 14.6 Å². The van der Waals surface area contributed by atoms with E-state index in [0.29, 0.717) is 13.0 Å². The summed E-state index contributed by atoms with van der Waals surface area (Å²) in [5.41, 5.74) is 2.03. The number of carbonyl (C=O) groups is 1. The summed E-state index contributed by atoms with van der Waals surface area (Å²) < 4.78 is 10.9. The molecule has 2 unspecified atom stereocenters. The first kappa shape index (κ1) is 21.7. The molecule has 3 N–H and O–H groups in total. The molecule has 0 heterocycles. The Morgan fingerprint density at radius 2 is 1.68 bits per heavy atom. The molecule has 0 saturated heterocycles. The SMILES string of the molecule is CC(C)COC(=O)N(N)C(Cc1ccc(OCc2ccccc2)cc1)C(C)O. The number of nitrogens with zero attached hydrogens (tertiary/aromatic N) is 1. The van der Waals surface area contributed by atoms with Crippen molar-refractivity contribution in [3.8, 4) is 5.75 Å². The fraction of sp³-hybridized carbons (Fsp3) is 0.409. The van der Waals surface area contributed by atoms with E-state index in [2.05, 4.69) is 0 Å². The van der Waals surface area contributed by atoms with Crippen molar-refractivity contribution in [3.05, 3.63) is 65.7 Å². The van der Waals surface area contributed by atoms with E-state index >= 15 is 0 Å². The molecule has 1 amide bonds. The van der Waals surface area contributed by atoms with E-state index in [-0.39, 0.29) is 12.5 Å². The minimum Gasteiger partial charge on any atom is -0.489 e. The van der Waals surface area contributed by atoms with Gasteiger partial charge in [0.15, 0.2) is 0 Å². The lowest BCUT2D eigenvalue weighted by molar-refractivity contribution is 0.0359. The van der Waals surface area contributed by atoms with Gasteiger partial charge in [0, 0.05) is 0 Å². The number of hydrogen-bond acceptors (Lipinski definition) is 5. The number of hydrazine groups is 1. The zero-order chi connectivity index (χ0) is 20.5. The number of rotatable bonds is 9. The fourth-order valence-corrected chi connectivity index (χ4v) is 2.65. The van der Waals surface area contributed by atoms with E-state index in [9.17, 15) is 9.90 Å². The van der Waals surface area contributed by atoms with Gasteiger partial charge in [0.05, 0.1) is 18.8 Å². The van der Waals surface area contributed by atoms with Crippen molar-refractivity contribution in [2.45, 2.75) is 45.9 Å². The summed E-state index contributed by atoms with van der Waals surface area (Å²) in [6.45, 7) is 6.28. The number of ether oxygens (including phenoxy) is 2. The normalized spacial score (nSPS) is 13.1. The van der Waals surface area contributed by atoms with Gasteiger partial charge in [-0.3, -0.25) is 0 Å². The van der Waals surface area contributed by atoms with Gasteiger partial charge in [-0.15, -0.1) is 0 Å². The molecule has 2 rings (SSSR count). The van der Waals surface area contributed by atoms with Crippen LogP contribution in [0.4, 0.5) is 4.79 Å². The second-order valence-corrected chi connectivity index (χ2v) is 7.31. The van der Waals surface area contributed by atoms with Gasteiger partial charge in [-0.05, 0) is 42.5 Å². The lowest BCUT2D eigenvalue weighted by Gasteiger charge is -2.29. The maximum atomic E-state index is 12.1. The summed E-state index contributed by atoms with van der Waals surface area (Å²) in [5, 5.41) is 11.1. The summed E-state index contributed by atoms with van der Waals surface area (Å²) in [6.07, 6.45) is -1.03. The van der Waals surface area contributed by atoms with Crippen molar-refractivity contribution >= 4 is 6.09 Å². The topological polar surface area (TPSA) is 85.0 Å². The highest BCUT2D eigenvalue weighted by atomic mass is 16.6. The smallest absolute Gasteiger partial charge is 0.424 e. The average Bonchev–Trinajstić information content (AvgIpc) is 2.69. The Hall–Kier alpha value is -2.57. The van der Waals surface area contributed by atoms with Crippen molar-refractivity contribution in [1.29, 1.82) is 0 Å². The Kier molecular flexibility index (Phi) is 8.29. The van der Waals surface area contributed by atoms with E-state index < -0.39 is 18.2 Å². The fourth-order valence-electron chi connectivity index (χ4n) is 2.65. The van der Waals surface area contributed by atoms with Crippen LogP contribution in [0.5, 0.6) is 5.75 Å². The Morgan fingerprint density at radius 3 is 2.25 bits per heavy atom. The van der Waals surface area contributed by atoms with Gasteiger partial charge in [-0.25, -0.2) is 15.6 Å². The number of amides is 1. The highest BCUT2D eigenvalue weighted by molar-refractivity contribution is 5.67. The van der Waals surface area contributed by atoms with Crippen LogP contribution in [-0.4, -0.2) is 35.0 Å². The number of hydrogen-bond donors (Lipinski definition) is 2. The molecule has 0 radical (unpaired) electrons. The third kappa shape index (κ3) is 6.87. The molecule has 0 bridgehead atoms. The van der Waals surface area contributed by atoms with Crippen LogP contribution in [0.3, 0.4) is 0 Å². The average molecular weight is 386 g/mol. The van der Waals surface area contributed by atoms with Crippen LogP contribution in [0, 0.1) is 5.92 Å². The van der Waals surface area contributed by atoms with E-state index in [1.807, 2.05) is 68.4 Å². The van der Waals surface area contributed by atoms with Crippen LogP contribution in [-0.2, 0) is 17.8 Å². The molecule has 0 aromatic heterocycles. The summed E-state index contributed by atoms with van der Waals surface area (Å²) >= 11 is 0. The molecule has 6 heteroatoms.